The van der Waals surface area contributed by atoms with Crippen molar-refractivity contribution in [1.29, 1.82) is 0 Å². The molecule has 25 heavy (non-hydrogen) atoms. The van der Waals surface area contributed by atoms with Crippen LogP contribution in [-0.2, 0) is 6.42 Å². The van der Waals surface area contributed by atoms with Crippen LogP contribution in [0.15, 0.2) is 34.9 Å². The minimum absolute atomic E-state index is 0.283. The number of nitrogens with one attached hydrogen (secondary N) is 1. The van der Waals surface area contributed by atoms with Crippen molar-refractivity contribution in [2.75, 3.05) is 5.32 Å². The van der Waals surface area contributed by atoms with Gasteiger partial charge in [-0.3, -0.25) is 10.1 Å². The van der Waals surface area contributed by atoms with E-state index in [1.54, 1.807) is 6.92 Å². The number of carbonyl (C=O) groups excluding carboxylic acids is 1. The van der Waals surface area contributed by atoms with Crippen LogP contribution >= 0.6 is 11.3 Å². The number of benzene rings is 1. The van der Waals surface area contributed by atoms with Crippen molar-refractivity contribution < 1.29 is 9.32 Å². The summed E-state index contributed by atoms with van der Waals surface area (Å²) in [5.41, 5.74) is 1.79. The number of hydrogen-bond acceptors (Lipinski definition) is 6. The lowest BCUT2D eigenvalue weighted by Gasteiger charge is -2.02. The van der Waals surface area contributed by atoms with Crippen LogP contribution in [0, 0.1) is 6.92 Å². The first-order valence-corrected chi connectivity index (χ1v) is 9.16. The molecule has 2 heterocycles. The quantitative estimate of drug-likeness (QED) is 0.631. The van der Waals surface area contributed by atoms with E-state index in [1.165, 1.54) is 17.8 Å². The van der Waals surface area contributed by atoms with Crippen LogP contribution < -0.4 is 5.32 Å². The molecule has 6 nitrogen and oxygen atoms in total. The largest absolute Gasteiger partial charge is 0.360 e. The first-order valence-electron chi connectivity index (χ1n) is 8.34. The molecule has 0 aliphatic heterocycles. The number of aromatic nitrogens is 3. The fourth-order valence-corrected chi connectivity index (χ4v) is 3.30. The zero-order chi connectivity index (χ0) is 17.6. The standard InChI is InChI=1S/C18H20N4O2S/c1-3-4-6-11-14-20-21-18(25-14)19-17(23)15-12(2)24-22-16(15)13-9-7-5-8-10-13/h5,7-10H,3-4,6,11H2,1-2H3,(H,19,21,23). The average molecular weight is 356 g/mol. The predicted octanol–water partition coefficient (Wildman–Crippen LogP) is 4.49. The van der Waals surface area contributed by atoms with Gasteiger partial charge in [0.2, 0.25) is 5.13 Å². The van der Waals surface area contributed by atoms with Gasteiger partial charge in [-0.2, -0.15) is 0 Å². The molecule has 0 fully saturated rings. The van der Waals surface area contributed by atoms with E-state index >= 15 is 0 Å². The fraction of sp³-hybridized carbons (Fsp3) is 0.333. The van der Waals surface area contributed by atoms with Crippen molar-refractivity contribution in [1.82, 2.24) is 15.4 Å². The minimum atomic E-state index is -0.283. The topological polar surface area (TPSA) is 80.9 Å². The summed E-state index contributed by atoms with van der Waals surface area (Å²) < 4.78 is 5.24. The van der Waals surface area contributed by atoms with Crippen LogP contribution in [0.4, 0.5) is 5.13 Å². The second-order valence-corrected chi connectivity index (χ2v) is 6.80. The van der Waals surface area contributed by atoms with Crippen LogP contribution in [0.5, 0.6) is 0 Å². The highest BCUT2D eigenvalue weighted by Crippen LogP contribution is 2.26. The van der Waals surface area contributed by atoms with Crippen molar-refractivity contribution in [3.05, 3.63) is 46.7 Å². The highest BCUT2D eigenvalue weighted by atomic mass is 32.1. The molecule has 7 heteroatoms. The van der Waals surface area contributed by atoms with Crippen LogP contribution in [0.2, 0.25) is 0 Å². The summed E-state index contributed by atoms with van der Waals surface area (Å²) in [6.07, 6.45) is 4.31. The maximum absolute atomic E-state index is 12.7. The number of unbranched alkanes of at least 4 members (excludes halogenated alkanes) is 2. The molecule has 0 atom stereocenters. The van der Waals surface area contributed by atoms with Gasteiger partial charge < -0.3 is 4.52 Å². The fourth-order valence-electron chi connectivity index (χ4n) is 2.52. The molecule has 3 aromatic rings. The average Bonchev–Trinajstić information content (AvgIpc) is 3.22. The molecule has 2 aromatic heterocycles. The summed E-state index contributed by atoms with van der Waals surface area (Å²) in [5.74, 6) is 0.192. The van der Waals surface area contributed by atoms with Crippen LogP contribution in [0.25, 0.3) is 11.3 Å². The molecule has 0 saturated heterocycles. The highest BCUT2D eigenvalue weighted by Gasteiger charge is 2.22. The number of amides is 1. The van der Waals surface area contributed by atoms with Crippen molar-refractivity contribution in [2.24, 2.45) is 0 Å². The van der Waals surface area contributed by atoms with E-state index in [0.717, 1.165) is 29.8 Å². The molecule has 1 amide bonds. The van der Waals surface area contributed by atoms with Crippen molar-refractivity contribution in [2.45, 2.75) is 39.5 Å². The molecular weight excluding hydrogens is 336 g/mol. The van der Waals surface area contributed by atoms with E-state index in [2.05, 4.69) is 27.6 Å². The number of anilines is 1. The van der Waals surface area contributed by atoms with Gasteiger partial charge >= 0.3 is 0 Å². The van der Waals surface area contributed by atoms with E-state index in [9.17, 15) is 4.79 Å². The SMILES string of the molecule is CCCCCc1nnc(NC(=O)c2c(-c3ccccc3)noc2C)s1. The van der Waals surface area contributed by atoms with Gasteiger partial charge in [0.25, 0.3) is 5.91 Å². The first kappa shape index (κ1) is 17.3. The Morgan fingerprint density at radius 3 is 2.76 bits per heavy atom. The minimum Gasteiger partial charge on any atom is -0.360 e. The van der Waals surface area contributed by atoms with Crippen LogP contribution in [0.1, 0.15) is 47.3 Å². The van der Waals surface area contributed by atoms with E-state index in [1.807, 2.05) is 30.3 Å². The molecule has 1 aromatic carbocycles. The number of nitrogens with zero attached hydrogens (tertiary/aromatic N) is 3. The Hall–Kier alpha value is -2.54. The smallest absolute Gasteiger partial charge is 0.263 e. The lowest BCUT2D eigenvalue weighted by atomic mass is 10.1. The molecule has 1 N–H and O–H groups in total. The monoisotopic (exact) mass is 356 g/mol. The second kappa shape index (κ2) is 8.02. The number of carbonyl (C=O) groups is 1. The third-order valence-corrected chi connectivity index (χ3v) is 4.72. The Bertz CT molecular complexity index is 842. The van der Waals surface area contributed by atoms with Crippen molar-refractivity contribution in [3.8, 4) is 11.3 Å². The summed E-state index contributed by atoms with van der Waals surface area (Å²) in [4.78, 5) is 12.7. The van der Waals surface area contributed by atoms with Gasteiger partial charge in [-0.15, -0.1) is 10.2 Å². The van der Waals surface area contributed by atoms with Gasteiger partial charge in [-0.1, -0.05) is 66.6 Å². The zero-order valence-electron chi connectivity index (χ0n) is 14.3. The Morgan fingerprint density at radius 1 is 1.20 bits per heavy atom. The van der Waals surface area contributed by atoms with E-state index in [0.29, 0.717) is 22.1 Å². The van der Waals surface area contributed by atoms with E-state index in [4.69, 9.17) is 4.52 Å². The number of hydrogen-bond donors (Lipinski definition) is 1. The normalized spacial score (nSPS) is 10.8. The summed E-state index contributed by atoms with van der Waals surface area (Å²) in [5, 5.41) is 16.5. The third-order valence-electron chi connectivity index (χ3n) is 3.82. The van der Waals surface area contributed by atoms with E-state index in [-0.39, 0.29) is 5.91 Å². The van der Waals surface area contributed by atoms with Gasteiger partial charge in [0.05, 0.1) is 0 Å². The van der Waals surface area contributed by atoms with Gasteiger partial charge in [-0.25, -0.2) is 0 Å². The lowest BCUT2D eigenvalue weighted by molar-refractivity contribution is 0.102. The molecule has 0 spiro atoms. The van der Waals surface area contributed by atoms with Gasteiger partial charge in [-0.05, 0) is 13.3 Å². The molecular formula is C18H20N4O2S. The van der Waals surface area contributed by atoms with E-state index < -0.39 is 0 Å². The van der Waals surface area contributed by atoms with Crippen molar-refractivity contribution >= 4 is 22.4 Å². The molecule has 0 aliphatic carbocycles. The van der Waals surface area contributed by atoms with Crippen LogP contribution in [0.3, 0.4) is 0 Å². The van der Waals surface area contributed by atoms with Gasteiger partial charge in [0, 0.05) is 12.0 Å². The molecule has 0 bridgehead atoms. The van der Waals surface area contributed by atoms with Gasteiger partial charge in [0.1, 0.15) is 22.0 Å². The van der Waals surface area contributed by atoms with Gasteiger partial charge in [0.15, 0.2) is 0 Å². The summed E-state index contributed by atoms with van der Waals surface area (Å²) >= 11 is 1.41. The molecule has 3 rings (SSSR count). The molecule has 0 saturated carbocycles. The van der Waals surface area contributed by atoms with Crippen molar-refractivity contribution in [3.63, 3.8) is 0 Å². The summed E-state index contributed by atoms with van der Waals surface area (Å²) in [7, 11) is 0. The Balaban J connectivity index is 1.75. The number of rotatable bonds is 7. The predicted molar refractivity (Wildman–Crippen MR) is 97.8 cm³/mol. The Morgan fingerprint density at radius 2 is 2.00 bits per heavy atom. The zero-order valence-corrected chi connectivity index (χ0v) is 15.1. The van der Waals surface area contributed by atoms with Crippen LogP contribution in [-0.4, -0.2) is 21.3 Å². The summed E-state index contributed by atoms with van der Waals surface area (Å²) in [6.45, 7) is 3.89. The Labute approximate surface area is 150 Å². The molecule has 0 radical (unpaired) electrons. The lowest BCUT2D eigenvalue weighted by Crippen LogP contribution is -2.13. The summed E-state index contributed by atoms with van der Waals surface area (Å²) in [6, 6.07) is 9.50. The third kappa shape index (κ3) is 4.11. The second-order valence-electron chi connectivity index (χ2n) is 5.74. The maximum Gasteiger partial charge on any atom is 0.263 e. The maximum atomic E-state index is 12.7. The highest BCUT2D eigenvalue weighted by molar-refractivity contribution is 7.15. The Kier molecular flexibility index (Phi) is 5.55. The number of aryl methyl sites for hydroxylation is 2. The first-order chi connectivity index (χ1) is 12.2. The molecule has 130 valence electrons. The molecule has 0 unspecified atom stereocenters. The molecule has 0 aliphatic rings.